The number of benzene rings is 1. The summed E-state index contributed by atoms with van der Waals surface area (Å²) in [6.45, 7) is 7.22. The summed E-state index contributed by atoms with van der Waals surface area (Å²) in [6, 6.07) is 10.5. The van der Waals surface area contributed by atoms with Gasteiger partial charge in [0.25, 0.3) is 0 Å². The lowest BCUT2D eigenvalue weighted by Crippen LogP contribution is -2.48. The van der Waals surface area contributed by atoms with Gasteiger partial charge in [0.1, 0.15) is 0 Å². The molecule has 1 unspecified atom stereocenters. The van der Waals surface area contributed by atoms with Crippen LogP contribution in [0.5, 0.6) is 0 Å². The molecule has 0 radical (unpaired) electrons. The van der Waals surface area contributed by atoms with Crippen LogP contribution in [0.15, 0.2) is 36.5 Å². The number of hydrogen-bond donors (Lipinski definition) is 1. The Labute approximate surface area is 150 Å². The van der Waals surface area contributed by atoms with Gasteiger partial charge in [0.2, 0.25) is 5.91 Å². The average Bonchev–Trinajstić information content (AvgIpc) is 2.65. The molecule has 2 heterocycles. The van der Waals surface area contributed by atoms with E-state index < -0.39 is 0 Å². The van der Waals surface area contributed by atoms with Crippen molar-refractivity contribution in [1.29, 1.82) is 0 Å². The van der Waals surface area contributed by atoms with Gasteiger partial charge in [-0.1, -0.05) is 18.2 Å². The smallest absolute Gasteiger partial charge is 0.220 e. The first-order valence-corrected chi connectivity index (χ1v) is 9.15. The third-order valence-electron chi connectivity index (χ3n) is 5.17. The number of nitrogens with one attached hydrogen (secondary N) is 1. The molecule has 25 heavy (non-hydrogen) atoms. The molecule has 5 nitrogen and oxygen atoms in total. The maximum absolute atomic E-state index is 12.2. The van der Waals surface area contributed by atoms with Crippen LogP contribution in [-0.4, -0.2) is 60.0 Å². The molecule has 0 saturated carbocycles. The van der Waals surface area contributed by atoms with E-state index in [1.165, 1.54) is 0 Å². The number of carbonyl (C=O) groups is 1. The van der Waals surface area contributed by atoms with Gasteiger partial charge in [0, 0.05) is 56.8 Å². The summed E-state index contributed by atoms with van der Waals surface area (Å²) >= 11 is 0. The molecule has 1 aromatic heterocycles. The minimum atomic E-state index is 0.127. The zero-order chi connectivity index (χ0) is 17.6. The number of amides is 1. The highest BCUT2D eigenvalue weighted by molar-refractivity contribution is 5.82. The molecule has 1 N–H and O–H groups in total. The molecule has 2 aromatic rings. The topological polar surface area (TPSA) is 48.5 Å². The molecule has 5 heteroatoms. The minimum absolute atomic E-state index is 0.127. The first kappa shape index (κ1) is 17.8. The van der Waals surface area contributed by atoms with Crippen LogP contribution < -0.4 is 5.32 Å². The number of hydrogen-bond acceptors (Lipinski definition) is 4. The van der Waals surface area contributed by atoms with Crippen molar-refractivity contribution < 1.29 is 4.79 Å². The van der Waals surface area contributed by atoms with Gasteiger partial charge in [-0.2, -0.15) is 0 Å². The van der Waals surface area contributed by atoms with Crippen molar-refractivity contribution in [1.82, 2.24) is 20.1 Å². The fourth-order valence-electron chi connectivity index (χ4n) is 3.38. The number of carbonyl (C=O) groups excluding carboxylic acids is 1. The van der Waals surface area contributed by atoms with Gasteiger partial charge < -0.3 is 10.2 Å². The monoisotopic (exact) mass is 340 g/mol. The summed E-state index contributed by atoms with van der Waals surface area (Å²) < 4.78 is 0. The number of likely N-dealkylation sites (N-methyl/N-ethyl adjacent to an activating group) is 1. The van der Waals surface area contributed by atoms with E-state index in [0.717, 1.165) is 49.1 Å². The molecule has 0 spiro atoms. The van der Waals surface area contributed by atoms with Crippen molar-refractivity contribution in [2.45, 2.75) is 32.4 Å². The van der Waals surface area contributed by atoms with Crippen LogP contribution in [0.2, 0.25) is 0 Å². The van der Waals surface area contributed by atoms with E-state index in [-0.39, 0.29) is 5.91 Å². The summed E-state index contributed by atoms with van der Waals surface area (Å²) in [5, 5.41) is 4.17. The lowest BCUT2D eigenvalue weighted by molar-refractivity contribution is -0.121. The molecule has 1 aliphatic heterocycles. The summed E-state index contributed by atoms with van der Waals surface area (Å²) in [7, 11) is 2.16. The summed E-state index contributed by atoms with van der Waals surface area (Å²) in [5.74, 6) is 0.127. The second-order valence-electron chi connectivity index (χ2n) is 6.99. The molecule has 1 aromatic carbocycles. The van der Waals surface area contributed by atoms with E-state index >= 15 is 0 Å². The second-order valence-corrected chi connectivity index (χ2v) is 6.99. The molecular weight excluding hydrogens is 312 g/mol. The van der Waals surface area contributed by atoms with Gasteiger partial charge in [0.15, 0.2) is 0 Å². The van der Waals surface area contributed by atoms with E-state index in [2.05, 4.69) is 40.1 Å². The highest BCUT2D eigenvalue weighted by atomic mass is 16.1. The molecule has 3 rings (SSSR count). The Balaban J connectivity index is 1.46. The minimum Gasteiger partial charge on any atom is -0.352 e. The Morgan fingerprint density at radius 2 is 1.96 bits per heavy atom. The lowest BCUT2D eigenvalue weighted by atomic mass is 10.1. The zero-order valence-electron chi connectivity index (χ0n) is 15.2. The Kier molecular flexibility index (Phi) is 6.00. The van der Waals surface area contributed by atoms with Gasteiger partial charge in [0.05, 0.1) is 5.52 Å². The molecule has 1 saturated heterocycles. The summed E-state index contributed by atoms with van der Waals surface area (Å²) in [5.41, 5.74) is 2.09. The molecule has 1 aliphatic rings. The molecular formula is C20H28N4O. The largest absolute Gasteiger partial charge is 0.352 e. The van der Waals surface area contributed by atoms with Gasteiger partial charge in [-0.25, -0.2) is 0 Å². The molecule has 0 aliphatic carbocycles. The van der Waals surface area contributed by atoms with Crippen molar-refractivity contribution in [3.8, 4) is 0 Å². The predicted molar refractivity (Wildman–Crippen MR) is 101 cm³/mol. The summed E-state index contributed by atoms with van der Waals surface area (Å²) in [6.07, 6.45) is 3.29. The highest BCUT2D eigenvalue weighted by Gasteiger charge is 2.19. The van der Waals surface area contributed by atoms with Crippen LogP contribution in [0.1, 0.15) is 25.3 Å². The Hall–Kier alpha value is -1.98. The maximum atomic E-state index is 12.2. The number of nitrogens with zero attached hydrogens (tertiary/aromatic N) is 3. The predicted octanol–water partition coefficient (Wildman–Crippen LogP) is 2.27. The third-order valence-corrected chi connectivity index (χ3v) is 5.17. The number of aromatic nitrogens is 1. The number of para-hydroxylation sites is 1. The van der Waals surface area contributed by atoms with Crippen molar-refractivity contribution >= 4 is 16.8 Å². The van der Waals surface area contributed by atoms with Crippen molar-refractivity contribution in [2.24, 2.45) is 0 Å². The first-order valence-electron chi connectivity index (χ1n) is 9.15. The van der Waals surface area contributed by atoms with Crippen LogP contribution in [-0.2, 0) is 11.3 Å². The van der Waals surface area contributed by atoms with Gasteiger partial charge >= 0.3 is 0 Å². The van der Waals surface area contributed by atoms with Crippen LogP contribution in [0, 0.1) is 0 Å². The van der Waals surface area contributed by atoms with Crippen LogP contribution in [0.3, 0.4) is 0 Å². The first-order chi connectivity index (χ1) is 12.1. The standard InChI is InChI=1S/C20H28N4O/c1-16(24-13-11-23(2)12-14-24)7-8-20(25)22-15-17-9-10-21-19-6-4-3-5-18(17)19/h3-6,9-10,16H,7-8,11-15H2,1-2H3,(H,22,25). The number of fused-ring (bicyclic) bond motifs is 1. The van der Waals surface area contributed by atoms with Crippen LogP contribution in [0.4, 0.5) is 0 Å². The lowest BCUT2D eigenvalue weighted by Gasteiger charge is -2.36. The second kappa shape index (κ2) is 8.41. The van der Waals surface area contributed by atoms with E-state index in [0.29, 0.717) is 19.0 Å². The number of pyridine rings is 1. The third kappa shape index (κ3) is 4.77. The molecule has 1 amide bonds. The number of piperazine rings is 1. The normalized spacial score (nSPS) is 17.5. The van der Waals surface area contributed by atoms with E-state index in [4.69, 9.17) is 0 Å². The van der Waals surface area contributed by atoms with Crippen molar-refractivity contribution in [2.75, 3.05) is 33.2 Å². The van der Waals surface area contributed by atoms with E-state index in [1.807, 2.05) is 24.3 Å². The Morgan fingerprint density at radius 1 is 1.20 bits per heavy atom. The maximum Gasteiger partial charge on any atom is 0.220 e. The summed E-state index contributed by atoms with van der Waals surface area (Å²) in [4.78, 5) is 21.4. The van der Waals surface area contributed by atoms with E-state index in [9.17, 15) is 4.79 Å². The molecule has 1 fully saturated rings. The van der Waals surface area contributed by atoms with Crippen molar-refractivity contribution in [3.63, 3.8) is 0 Å². The highest BCUT2D eigenvalue weighted by Crippen LogP contribution is 2.16. The van der Waals surface area contributed by atoms with Crippen LogP contribution >= 0.6 is 0 Å². The zero-order valence-corrected chi connectivity index (χ0v) is 15.2. The average molecular weight is 340 g/mol. The van der Waals surface area contributed by atoms with Crippen LogP contribution in [0.25, 0.3) is 10.9 Å². The van der Waals surface area contributed by atoms with Crippen molar-refractivity contribution in [3.05, 3.63) is 42.1 Å². The molecule has 0 bridgehead atoms. The SMILES string of the molecule is CC(CCC(=O)NCc1ccnc2ccccc12)N1CCN(C)CC1. The fraction of sp³-hybridized carbons (Fsp3) is 0.500. The van der Waals surface area contributed by atoms with Gasteiger partial charge in [-0.05, 0) is 38.1 Å². The van der Waals surface area contributed by atoms with E-state index in [1.54, 1.807) is 6.20 Å². The number of rotatable bonds is 6. The Bertz CT molecular complexity index is 704. The van der Waals surface area contributed by atoms with Gasteiger partial charge in [-0.15, -0.1) is 0 Å². The fourth-order valence-corrected chi connectivity index (χ4v) is 3.38. The molecule has 134 valence electrons. The van der Waals surface area contributed by atoms with Gasteiger partial charge in [-0.3, -0.25) is 14.7 Å². The molecule has 1 atom stereocenters. The quantitative estimate of drug-likeness (QED) is 0.876. The Morgan fingerprint density at radius 3 is 2.76 bits per heavy atom.